The van der Waals surface area contributed by atoms with Crippen molar-refractivity contribution in [3.63, 3.8) is 0 Å². The average molecular weight is 246 g/mol. The zero-order valence-corrected chi connectivity index (χ0v) is 11.6. The van der Waals surface area contributed by atoms with E-state index in [1.807, 2.05) is 12.1 Å². The summed E-state index contributed by atoms with van der Waals surface area (Å²) < 4.78 is 0. The van der Waals surface area contributed by atoms with Gasteiger partial charge in [-0.05, 0) is 56.3 Å². The average Bonchev–Trinajstić information content (AvgIpc) is 2.80. The van der Waals surface area contributed by atoms with Gasteiger partial charge in [0.15, 0.2) is 0 Å². The molecule has 18 heavy (non-hydrogen) atoms. The van der Waals surface area contributed by atoms with Gasteiger partial charge in [0.2, 0.25) is 0 Å². The Balaban J connectivity index is 1.69. The predicted molar refractivity (Wildman–Crippen MR) is 78.6 cm³/mol. The van der Waals surface area contributed by atoms with Crippen LogP contribution in [-0.2, 0) is 6.42 Å². The van der Waals surface area contributed by atoms with Gasteiger partial charge in [-0.25, -0.2) is 0 Å². The molecule has 0 spiro atoms. The van der Waals surface area contributed by atoms with Crippen LogP contribution in [0.15, 0.2) is 24.3 Å². The van der Waals surface area contributed by atoms with Gasteiger partial charge >= 0.3 is 0 Å². The molecule has 1 atom stereocenters. The first-order valence-electron chi connectivity index (χ1n) is 7.35. The Kier molecular flexibility index (Phi) is 5.06. The Morgan fingerprint density at radius 3 is 2.94 bits per heavy atom. The van der Waals surface area contributed by atoms with Crippen LogP contribution >= 0.6 is 0 Å². The van der Waals surface area contributed by atoms with E-state index in [0.717, 1.165) is 18.0 Å². The number of hydrogen-bond acceptors (Lipinski definition) is 2. The first kappa shape index (κ1) is 13.4. The van der Waals surface area contributed by atoms with Gasteiger partial charge in [-0.1, -0.05) is 31.5 Å². The van der Waals surface area contributed by atoms with Crippen LogP contribution in [0.3, 0.4) is 0 Å². The molecule has 1 saturated heterocycles. The molecule has 1 aromatic rings. The maximum atomic E-state index is 5.96. The molecule has 1 aliphatic rings. The topological polar surface area (TPSA) is 29.3 Å². The Labute approximate surface area is 111 Å². The number of nitrogen functional groups attached to an aromatic ring is 1. The van der Waals surface area contributed by atoms with Crippen LogP contribution in [0, 0.1) is 5.92 Å². The molecule has 2 N–H and O–H groups in total. The van der Waals surface area contributed by atoms with Crippen LogP contribution < -0.4 is 5.73 Å². The van der Waals surface area contributed by atoms with E-state index in [1.54, 1.807) is 0 Å². The van der Waals surface area contributed by atoms with Crippen LogP contribution in [0.1, 0.15) is 38.2 Å². The minimum Gasteiger partial charge on any atom is -0.399 e. The lowest BCUT2D eigenvalue weighted by atomic mass is 10.0. The number of nitrogens with two attached hydrogens (primary N) is 1. The number of aryl methyl sites for hydroxylation is 1. The smallest absolute Gasteiger partial charge is 0.0346 e. The SMILES string of the molecule is CCCC1CCN(CCCc2ccccc2N)C1. The molecule has 0 aliphatic carbocycles. The summed E-state index contributed by atoms with van der Waals surface area (Å²) in [4.78, 5) is 2.62. The molecule has 1 heterocycles. The van der Waals surface area contributed by atoms with Gasteiger partial charge in [-0.2, -0.15) is 0 Å². The monoisotopic (exact) mass is 246 g/mol. The highest BCUT2D eigenvalue weighted by atomic mass is 15.1. The number of anilines is 1. The van der Waals surface area contributed by atoms with E-state index in [4.69, 9.17) is 5.73 Å². The molecule has 100 valence electrons. The third-order valence-electron chi connectivity index (χ3n) is 4.04. The van der Waals surface area contributed by atoms with Gasteiger partial charge in [0.05, 0.1) is 0 Å². The number of rotatable bonds is 6. The highest BCUT2D eigenvalue weighted by molar-refractivity contribution is 5.46. The summed E-state index contributed by atoms with van der Waals surface area (Å²) in [6.07, 6.45) is 6.48. The first-order valence-corrected chi connectivity index (χ1v) is 7.35. The Morgan fingerprint density at radius 1 is 1.33 bits per heavy atom. The molecule has 1 unspecified atom stereocenters. The van der Waals surface area contributed by atoms with E-state index >= 15 is 0 Å². The maximum Gasteiger partial charge on any atom is 0.0346 e. The summed E-state index contributed by atoms with van der Waals surface area (Å²) in [5, 5.41) is 0. The summed E-state index contributed by atoms with van der Waals surface area (Å²) in [6, 6.07) is 8.25. The summed E-state index contributed by atoms with van der Waals surface area (Å²) in [5.74, 6) is 0.955. The molecule has 0 saturated carbocycles. The van der Waals surface area contributed by atoms with Gasteiger partial charge in [-0.15, -0.1) is 0 Å². The Morgan fingerprint density at radius 2 is 2.17 bits per heavy atom. The minimum absolute atomic E-state index is 0.947. The van der Waals surface area contributed by atoms with Crippen molar-refractivity contribution in [3.05, 3.63) is 29.8 Å². The standard InChI is InChI=1S/C16H26N2/c1-2-6-14-10-12-18(13-14)11-5-8-15-7-3-4-9-16(15)17/h3-4,7,9,14H,2,5-6,8,10-13,17H2,1H3. The summed E-state index contributed by atoms with van der Waals surface area (Å²) in [7, 11) is 0. The maximum absolute atomic E-state index is 5.96. The highest BCUT2D eigenvalue weighted by Crippen LogP contribution is 2.21. The second-order valence-corrected chi connectivity index (χ2v) is 5.55. The lowest BCUT2D eigenvalue weighted by Crippen LogP contribution is -2.22. The number of nitrogens with zero attached hydrogens (tertiary/aromatic N) is 1. The molecule has 1 aliphatic heterocycles. The molecular formula is C16H26N2. The summed E-state index contributed by atoms with van der Waals surface area (Å²) in [6.45, 7) is 6.14. The van der Waals surface area contributed by atoms with Crippen molar-refractivity contribution < 1.29 is 0 Å². The quantitative estimate of drug-likeness (QED) is 0.780. The van der Waals surface area contributed by atoms with E-state index < -0.39 is 0 Å². The van der Waals surface area contributed by atoms with E-state index in [9.17, 15) is 0 Å². The minimum atomic E-state index is 0.947. The van der Waals surface area contributed by atoms with Gasteiger partial charge in [-0.3, -0.25) is 0 Å². The van der Waals surface area contributed by atoms with E-state index in [1.165, 1.54) is 50.9 Å². The number of para-hydroxylation sites is 1. The lowest BCUT2D eigenvalue weighted by Gasteiger charge is -2.16. The predicted octanol–water partition coefficient (Wildman–Crippen LogP) is 3.32. The third-order valence-corrected chi connectivity index (χ3v) is 4.04. The second kappa shape index (κ2) is 6.79. The van der Waals surface area contributed by atoms with Crippen molar-refractivity contribution in [1.82, 2.24) is 4.90 Å². The Hall–Kier alpha value is -1.02. The molecular weight excluding hydrogens is 220 g/mol. The molecule has 2 rings (SSSR count). The molecule has 0 aromatic heterocycles. The normalized spacial score (nSPS) is 20.4. The third kappa shape index (κ3) is 3.74. The van der Waals surface area contributed by atoms with Gasteiger partial charge in [0.25, 0.3) is 0 Å². The van der Waals surface area contributed by atoms with E-state index in [-0.39, 0.29) is 0 Å². The lowest BCUT2D eigenvalue weighted by molar-refractivity contribution is 0.316. The van der Waals surface area contributed by atoms with E-state index in [0.29, 0.717) is 0 Å². The van der Waals surface area contributed by atoms with Gasteiger partial charge < -0.3 is 10.6 Å². The fourth-order valence-corrected chi connectivity index (χ4v) is 3.01. The molecule has 0 radical (unpaired) electrons. The second-order valence-electron chi connectivity index (χ2n) is 5.55. The molecule has 2 nitrogen and oxygen atoms in total. The number of benzene rings is 1. The molecule has 2 heteroatoms. The van der Waals surface area contributed by atoms with Crippen molar-refractivity contribution >= 4 is 5.69 Å². The van der Waals surface area contributed by atoms with Crippen molar-refractivity contribution in [1.29, 1.82) is 0 Å². The van der Waals surface area contributed by atoms with E-state index in [2.05, 4.69) is 24.0 Å². The van der Waals surface area contributed by atoms with Crippen molar-refractivity contribution in [2.45, 2.75) is 39.0 Å². The van der Waals surface area contributed by atoms with Crippen molar-refractivity contribution in [2.75, 3.05) is 25.4 Å². The zero-order valence-electron chi connectivity index (χ0n) is 11.6. The molecule has 1 aromatic carbocycles. The highest BCUT2D eigenvalue weighted by Gasteiger charge is 2.20. The molecule has 0 bridgehead atoms. The fourth-order valence-electron chi connectivity index (χ4n) is 3.01. The summed E-state index contributed by atoms with van der Waals surface area (Å²) >= 11 is 0. The molecule has 0 amide bonds. The van der Waals surface area contributed by atoms with Gasteiger partial charge in [0, 0.05) is 12.2 Å². The van der Waals surface area contributed by atoms with Gasteiger partial charge in [0.1, 0.15) is 0 Å². The van der Waals surface area contributed by atoms with Crippen LogP contribution in [-0.4, -0.2) is 24.5 Å². The molecule has 1 fully saturated rings. The Bertz CT molecular complexity index is 362. The van der Waals surface area contributed by atoms with Crippen LogP contribution in [0.4, 0.5) is 5.69 Å². The van der Waals surface area contributed by atoms with Crippen LogP contribution in [0.5, 0.6) is 0 Å². The number of likely N-dealkylation sites (tertiary alicyclic amines) is 1. The fraction of sp³-hybridized carbons (Fsp3) is 0.625. The first-order chi connectivity index (χ1) is 8.79. The van der Waals surface area contributed by atoms with Crippen LogP contribution in [0.25, 0.3) is 0 Å². The van der Waals surface area contributed by atoms with Crippen LogP contribution in [0.2, 0.25) is 0 Å². The van der Waals surface area contributed by atoms with Crippen molar-refractivity contribution in [3.8, 4) is 0 Å². The summed E-state index contributed by atoms with van der Waals surface area (Å²) in [5.41, 5.74) is 8.22. The number of hydrogen-bond donors (Lipinski definition) is 1. The van der Waals surface area contributed by atoms with Crippen molar-refractivity contribution in [2.24, 2.45) is 5.92 Å². The zero-order chi connectivity index (χ0) is 12.8. The largest absolute Gasteiger partial charge is 0.399 e.